The van der Waals surface area contributed by atoms with E-state index in [1.54, 1.807) is 37.1 Å². The number of nitrogens with zero attached hydrogens (tertiary/aromatic N) is 5. The van der Waals surface area contributed by atoms with Gasteiger partial charge >= 0.3 is 0 Å². The summed E-state index contributed by atoms with van der Waals surface area (Å²) in [7, 11) is -1.81. The molecule has 1 N–H and O–H groups in total. The third-order valence-electron chi connectivity index (χ3n) is 4.33. The van der Waals surface area contributed by atoms with E-state index >= 15 is 0 Å². The summed E-state index contributed by atoms with van der Waals surface area (Å²) in [5.74, 6) is 0.669. The number of fused-ring (bicyclic) bond motifs is 3. The number of aromatic amines is 1. The smallest absolute Gasteiger partial charge is 0.262 e. The largest absolute Gasteiger partial charge is 0.337 e. The van der Waals surface area contributed by atoms with Crippen molar-refractivity contribution in [1.82, 2.24) is 29.0 Å². The maximum atomic E-state index is 12.8. The minimum absolute atomic E-state index is 0.0956. The Morgan fingerprint density at radius 2 is 2.13 bits per heavy atom. The Kier molecular flexibility index (Phi) is 3.03. The van der Waals surface area contributed by atoms with Crippen molar-refractivity contribution in [3.8, 4) is 0 Å². The van der Waals surface area contributed by atoms with E-state index in [0.29, 0.717) is 25.3 Å². The van der Waals surface area contributed by atoms with Crippen LogP contribution in [0.1, 0.15) is 17.0 Å². The fourth-order valence-corrected chi connectivity index (χ4v) is 4.36. The number of H-pyrrole nitrogens is 1. The van der Waals surface area contributed by atoms with Crippen molar-refractivity contribution in [3.63, 3.8) is 0 Å². The number of rotatable bonds is 2. The molecule has 9 heteroatoms. The molecule has 3 aromatic heterocycles. The van der Waals surface area contributed by atoms with Crippen LogP contribution >= 0.6 is 0 Å². The summed E-state index contributed by atoms with van der Waals surface area (Å²) in [6.45, 7) is 2.51. The predicted molar refractivity (Wildman–Crippen MR) is 83.1 cm³/mol. The molecule has 1 aliphatic heterocycles. The quantitative estimate of drug-likeness (QED) is 0.747. The highest BCUT2D eigenvalue weighted by atomic mass is 32.2. The number of sulfonamides is 1. The van der Waals surface area contributed by atoms with Gasteiger partial charge in [0.1, 0.15) is 5.82 Å². The lowest BCUT2D eigenvalue weighted by atomic mass is 10.0. The number of pyridine rings is 1. The minimum Gasteiger partial charge on any atom is -0.337 e. The van der Waals surface area contributed by atoms with Gasteiger partial charge in [0.25, 0.3) is 10.0 Å². The molecular weight excluding hydrogens is 316 g/mol. The first-order chi connectivity index (χ1) is 11.0. The van der Waals surface area contributed by atoms with E-state index in [1.807, 2.05) is 0 Å². The molecule has 4 rings (SSSR count). The monoisotopic (exact) mass is 332 g/mol. The Bertz CT molecular complexity index is 984. The van der Waals surface area contributed by atoms with E-state index in [-0.39, 0.29) is 5.03 Å². The maximum absolute atomic E-state index is 12.8. The molecule has 0 spiro atoms. The van der Waals surface area contributed by atoms with Crippen LogP contribution in [0, 0.1) is 6.92 Å². The number of imidazole rings is 1. The number of aryl methyl sites for hydroxylation is 2. The molecule has 120 valence electrons. The third-order valence-corrected chi connectivity index (χ3v) is 6.05. The fourth-order valence-electron chi connectivity index (χ4n) is 2.92. The zero-order valence-electron chi connectivity index (χ0n) is 12.8. The predicted octanol–water partition coefficient (Wildman–Crippen LogP) is 0.747. The second-order valence-corrected chi connectivity index (χ2v) is 7.60. The van der Waals surface area contributed by atoms with Gasteiger partial charge in [0.05, 0.1) is 6.20 Å². The lowest BCUT2D eigenvalue weighted by Crippen LogP contribution is -2.36. The standard InChI is InChI=1S/C14H16N6O2S/c1-9-17-13(8-19(9)2)23(21,22)20-4-3-11-10(7-20)5-15-14-12(11)6-16-18-14/h5-6,8H,3-4,7H2,1-2H3,(H,15,16,18). The van der Waals surface area contributed by atoms with Crippen molar-refractivity contribution in [2.75, 3.05) is 6.54 Å². The van der Waals surface area contributed by atoms with Crippen molar-refractivity contribution in [2.24, 2.45) is 7.05 Å². The SMILES string of the molecule is Cc1nc(S(=O)(=O)N2CCc3c(cnc4[nH]ncc34)C2)cn1C. The number of aromatic nitrogens is 5. The van der Waals surface area contributed by atoms with Crippen molar-refractivity contribution < 1.29 is 8.42 Å². The Balaban J connectivity index is 1.72. The van der Waals surface area contributed by atoms with Crippen LogP contribution in [0.15, 0.2) is 23.6 Å². The molecule has 0 unspecified atom stereocenters. The summed E-state index contributed by atoms with van der Waals surface area (Å²) in [5, 5.41) is 7.91. The molecule has 0 bridgehead atoms. The van der Waals surface area contributed by atoms with Crippen LogP contribution in [0.2, 0.25) is 0 Å². The topological polar surface area (TPSA) is 96.8 Å². The van der Waals surface area contributed by atoms with Crippen LogP contribution < -0.4 is 0 Å². The lowest BCUT2D eigenvalue weighted by Gasteiger charge is -2.27. The van der Waals surface area contributed by atoms with E-state index in [9.17, 15) is 8.42 Å². The highest BCUT2D eigenvalue weighted by molar-refractivity contribution is 7.89. The fraction of sp³-hybridized carbons (Fsp3) is 0.357. The summed E-state index contributed by atoms with van der Waals surface area (Å²) < 4.78 is 28.7. The number of hydrogen-bond acceptors (Lipinski definition) is 5. The van der Waals surface area contributed by atoms with Gasteiger partial charge in [-0.3, -0.25) is 5.10 Å². The van der Waals surface area contributed by atoms with Gasteiger partial charge in [-0.05, 0) is 24.5 Å². The van der Waals surface area contributed by atoms with Crippen LogP contribution in [0.4, 0.5) is 0 Å². The Hall–Kier alpha value is -2.26. The van der Waals surface area contributed by atoms with E-state index in [0.717, 1.165) is 22.2 Å². The molecule has 0 saturated heterocycles. The second-order valence-electron chi connectivity index (χ2n) is 5.72. The van der Waals surface area contributed by atoms with Gasteiger partial charge in [0, 0.05) is 37.9 Å². The molecule has 8 nitrogen and oxygen atoms in total. The highest BCUT2D eigenvalue weighted by Crippen LogP contribution is 2.28. The van der Waals surface area contributed by atoms with Gasteiger partial charge in [0.15, 0.2) is 10.7 Å². The summed E-state index contributed by atoms with van der Waals surface area (Å²) in [4.78, 5) is 8.46. The normalized spacial score (nSPS) is 15.9. The summed E-state index contributed by atoms with van der Waals surface area (Å²) in [5.41, 5.74) is 2.77. The Labute approximate surface area is 133 Å². The van der Waals surface area contributed by atoms with Crippen LogP contribution in [0.25, 0.3) is 11.0 Å². The molecule has 0 atom stereocenters. The molecule has 0 radical (unpaired) electrons. The van der Waals surface area contributed by atoms with Gasteiger partial charge in [-0.15, -0.1) is 0 Å². The molecule has 0 aliphatic carbocycles. The van der Waals surface area contributed by atoms with E-state index in [1.165, 1.54) is 4.31 Å². The minimum atomic E-state index is -3.60. The van der Waals surface area contributed by atoms with Crippen LogP contribution in [-0.4, -0.2) is 44.0 Å². The van der Waals surface area contributed by atoms with Crippen LogP contribution in [0.5, 0.6) is 0 Å². The van der Waals surface area contributed by atoms with Gasteiger partial charge in [0.2, 0.25) is 0 Å². The van der Waals surface area contributed by atoms with Crippen molar-refractivity contribution in [2.45, 2.75) is 24.9 Å². The average Bonchev–Trinajstić information content (AvgIpc) is 3.14. The van der Waals surface area contributed by atoms with Crippen molar-refractivity contribution >= 4 is 21.1 Å². The van der Waals surface area contributed by atoms with E-state index in [2.05, 4.69) is 20.2 Å². The van der Waals surface area contributed by atoms with Gasteiger partial charge in [-0.1, -0.05) is 0 Å². The molecule has 0 aromatic carbocycles. The van der Waals surface area contributed by atoms with Crippen molar-refractivity contribution in [1.29, 1.82) is 0 Å². The highest BCUT2D eigenvalue weighted by Gasteiger charge is 2.31. The molecule has 1 aliphatic rings. The van der Waals surface area contributed by atoms with Crippen LogP contribution in [0.3, 0.4) is 0 Å². The summed E-state index contributed by atoms with van der Waals surface area (Å²) >= 11 is 0. The first kappa shape index (κ1) is 14.3. The Morgan fingerprint density at radius 1 is 1.30 bits per heavy atom. The maximum Gasteiger partial charge on any atom is 0.262 e. The number of hydrogen-bond donors (Lipinski definition) is 1. The average molecular weight is 332 g/mol. The lowest BCUT2D eigenvalue weighted by molar-refractivity contribution is 0.390. The second kappa shape index (κ2) is 4.87. The molecule has 3 aromatic rings. The summed E-state index contributed by atoms with van der Waals surface area (Å²) in [6.07, 6.45) is 5.66. The van der Waals surface area contributed by atoms with Gasteiger partial charge < -0.3 is 4.57 Å². The molecule has 4 heterocycles. The Morgan fingerprint density at radius 3 is 2.87 bits per heavy atom. The van der Waals surface area contributed by atoms with Gasteiger partial charge in [-0.2, -0.15) is 9.40 Å². The first-order valence-corrected chi connectivity index (χ1v) is 8.71. The zero-order valence-corrected chi connectivity index (χ0v) is 13.6. The first-order valence-electron chi connectivity index (χ1n) is 7.27. The van der Waals surface area contributed by atoms with E-state index in [4.69, 9.17) is 0 Å². The molecule has 0 amide bonds. The molecule has 0 fully saturated rings. The summed E-state index contributed by atoms with van der Waals surface area (Å²) in [6, 6.07) is 0. The van der Waals surface area contributed by atoms with Crippen LogP contribution in [-0.2, 0) is 30.0 Å². The molecule has 23 heavy (non-hydrogen) atoms. The van der Waals surface area contributed by atoms with Crippen molar-refractivity contribution in [3.05, 3.63) is 35.5 Å². The molecule has 0 saturated carbocycles. The zero-order chi connectivity index (χ0) is 16.2. The number of nitrogens with one attached hydrogen (secondary N) is 1. The van der Waals surface area contributed by atoms with E-state index < -0.39 is 10.0 Å². The molecular formula is C14H16N6O2S. The van der Waals surface area contributed by atoms with Gasteiger partial charge in [-0.25, -0.2) is 18.4 Å². The third kappa shape index (κ3) is 2.15.